The van der Waals surface area contributed by atoms with E-state index < -0.39 is 0 Å². The molecule has 0 radical (unpaired) electrons. The van der Waals surface area contributed by atoms with Gasteiger partial charge in [-0.25, -0.2) is 0 Å². The predicted molar refractivity (Wildman–Crippen MR) is 63.4 cm³/mol. The average Bonchev–Trinajstić information content (AvgIpc) is 2.96. The zero-order valence-corrected chi connectivity index (χ0v) is 9.93. The summed E-state index contributed by atoms with van der Waals surface area (Å²) in [5.74, 6) is 1.31. The van der Waals surface area contributed by atoms with Crippen LogP contribution >= 0.6 is 0 Å². The van der Waals surface area contributed by atoms with Gasteiger partial charge in [0.25, 0.3) is 5.69 Å². The Morgan fingerprint density at radius 3 is 2.19 bits per heavy atom. The Labute approximate surface area is 95.6 Å². The van der Waals surface area contributed by atoms with Crippen molar-refractivity contribution >= 4 is 5.69 Å². The topological polar surface area (TPSA) is 43.1 Å². The molecule has 2 rings (SSSR count). The Morgan fingerprint density at radius 1 is 1.25 bits per heavy atom. The number of nitro groups is 1. The maximum Gasteiger partial charge on any atom is 0.269 e. The molecule has 0 bridgehead atoms. The van der Waals surface area contributed by atoms with Crippen LogP contribution in [0, 0.1) is 21.4 Å². The average molecular weight is 219 g/mol. The van der Waals surface area contributed by atoms with E-state index in [9.17, 15) is 10.1 Å². The van der Waals surface area contributed by atoms with Gasteiger partial charge in [-0.05, 0) is 29.2 Å². The smallest absolute Gasteiger partial charge is 0.258 e. The number of nitrogens with zero attached hydrogens (tertiary/aromatic N) is 1. The van der Waals surface area contributed by atoms with Crippen LogP contribution in [-0.4, -0.2) is 4.92 Å². The van der Waals surface area contributed by atoms with E-state index in [2.05, 4.69) is 20.8 Å². The van der Waals surface area contributed by atoms with Crippen molar-refractivity contribution in [3.05, 3.63) is 39.9 Å². The minimum absolute atomic E-state index is 0.178. The van der Waals surface area contributed by atoms with Crippen molar-refractivity contribution < 1.29 is 4.92 Å². The largest absolute Gasteiger partial charge is 0.269 e. The van der Waals surface area contributed by atoms with Crippen molar-refractivity contribution in [3.8, 4) is 0 Å². The standard InChI is InChI=1S/C13H17NO2/c1-13(2,3)12-8-11(12)9-4-6-10(7-5-9)14(15)16/h4-7,11-12H,8H2,1-3H3/t11-,12-/m0/s1. The van der Waals surface area contributed by atoms with E-state index >= 15 is 0 Å². The van der Waals surface area contributed by atoms with E-state index in [1.165, 1.54) is 12.0 Å². The molecule has 0 saturated heterocycles. The van der Waals surface area contributed by atoms with E-state index in [0.717, 1.165) is 0 Å². The second kappa shape index (κ2) is 3.58. The zero-order valence-electron chi connectivity index (χ0n) is 9.93. The van der Waals surface area contributed by atoms with Crippen molar-refractivity contribution in [1.82, 2.24) is 0 Å². The van der Waals surface area contributed by atoms with Crippen LogP contribution in [0.25, 0.3) is 0 Å². The van der Waals surface area contributed by atoms with Crippen LogP contribution in [0.2, 0.25) is 0 Å². The molecule has 1 aliphatic rings. The summed E-state index contributed by atoms with van der Waals surface area (Å²) in [4.78, 5) is 10.2. The molecule has 1 fully saturated rings. The van der Waals surface area contributed by atoms with Gasteiger partial charge in [0.1, 0.15) is 0 Å². The fourth-order valence-electron chi connectivity index (χ4n) is 2.36. The van der Waals surface area contributed by atoms with E-state index in [1.807, 2.05) is 12.1 Å². The Kier molecular flexibility index (Phi) is 2.49. The maximum atomic E-state index is 10.5. The van der Waals surface area contributed by atoms with Crippen molar-refractivity contribution in [1.29, 1.82) is 0 Å². The molecule has 16 heavy (non-hydrogen) atoms. The van der Waals surface area contributed by atoms with Crippen LogP contribution in [0.1, 0.15) is 38.7 Å². The van der Waals surface area contributed by atoms with Gasteiger partial charge in [-0.2, -0.15) is 0 Å². The van der Waals surface area contributed by atoms with Crippen LogP contribution in [0.4, 0.5) is 5.69 Å². The molecule has 0 aliphatic heterocycles. The maximum absolute atomic E-state index is 10.5. The fraction of sp³-hybridized carbons (Fsp3) is 0.538. The number of nitro benzene ring substituents is 1. The Hall–Kier alpha value is -1.38. The lowest BCUT2D eigenvalue weighted by Gasteiger charge is -2.18. The first kappa shape index (κ1) is 11.1. The van der Waals surface area contributed by atoms with Crippen LogP contribution in [0.5, 0.6) is 0 Å². The van der Waals surface area contributed by atoms with Crippen LogP contribution in [0.3, 0.4) is 0 Å². The Balaban J connectivity index is 2.11. The van der Waals surface area contributed by atoms with E-state index in [1.54, 1.807) is 12.1 Å². The van der Waals surface area contributed by atoms with E-state index in [-0.39, 0.29) is 10.6 Å². The molecule has 0 N–H and O–H groups in total. The molecular weight excluding hydrogens is 202 g/mol. The quantitative estimate of drug-likeness (QED) is 0.561. The third kappa shape index (κ3) is 2.08. The van der Waals surface area contributed by atoms with E-state index in [4.69, 9.17) is 0 Å². The molecule has 3 heteroatoms. The third-order valence-corrected chi connectivity index (χ3v) is 3.43. The minimum atomic E-state index is -0.349. The van der Waals surface area contributed by atoms with Crippen LogP contribution in [-0.2, 0) is 0 Å². The van der Waals surface area contributed by atoms with Gasteiger partial charge in [-0.15, -0.1) is 0 Å². The highest BCUT2D eigenvalue weighted by Gasteiger charge is 2.45. The summed E-state index contributed by atoms with van der Waals surface area (Å²) in [5, 5.41) is 10.5. The predicted octanol–water partition coefficient (Wildman–Crippen LogP) is 3.74. The molecule has 1 aromatic rings. The fourth-order valence-corrected chi connectivity index (χ4v) is 2.36. The van der Waals surface area contributed by atoms with Crippen molar-refractivity contribution in [3.63, 3.8) is 0 Å². The first-order chi connectivity index (χ1) is 7.39. The monoisotopic (exact) mass is 219 g/mol. The zero-order chi connectivity index (χ0) is 11.9. The summed E-state index contributed by atoms with van der Waals surface area (Å²) in [6.45, 7) is 6.76. The summed E-state index contributed by atoms with van der Waals surface area (Å²) in [5.41, 5.74) is 1.76. The molecule has 0 aromatic heterocycles. The van der Waals surface area contributed by atoms with Gasteiger partial charge in [-0.3, -0.25) is 10.1 Å². The molecule has 86 valence electrons. The number of benzene rings is 1. The van der Waals surface area contributed by atoms with Gasteiger partial charge in [-0.1, -0.05) is 32.9 Å². The molecule has 0 unspecified atom stereocenters. The Bertz CT molecular complexity index is 403. The first-order valence-corrected chi connectivity index (χ1v) is 5.64. The van der Waals surface area contributed by atoms with Gasteiger partial charge >= 0.3 is 0 Å². The summed E-state index contributed by atoms with van der Waals surface area (Å²) >= 11 is 0. The molecule has 0 heterocycles. The molecule has 1 aliphatic carbocycles. The molecule has 2 atom stereocenters. The summed E-state index contributed by atoms with van der Waals surface area (Å²) in [6.07, 6.45) is 1.21. The second-order valence-electron chi connectivity index (χ2n) is 5.66. The van der Waals surface area contributed by atoms with Gasteiger partial charge in [0.15, 0.2) is 0 Å². The van der Waals surface area contributed by atoms with Crippen LogP contribution < -0.4 is 0 Å². The molecule has 0 spiro atoms. The van der Waals surface area contributed by atoms with Gasteiger partial charge in [0.05, 0.1) is 4.92 Å². The lowest BCUT2D eigenvalue weighted by Crippen LogP contribution is -2.08. The van der Waals surface area contributed by atoms with Crippen molar-refractivity contribution in [2.45, 2.75) is 33.1 Å². The highest BCUT2D eigenvalue weighted by molar-refractivity contribution is 5.36. The minimum Gasteiger partial charge on any atom is -0.258 e. The molecule has 3 nitrogen and oxygen atoms in total. The van der Waals surface area contributed by atoms with Crippen LogP contribution in [0.15, 0.2) is 24.3 Å². The van der Waals surface area contributed by atoms with Gasteiger partial charge in [0, 0.05) is 12.1 Å². The van der Waals surface area contributed by atoms with E-state index in [0.29, 0.717) is 17.3 Å². The third-order valence-electron chi connectivity index (χ3n) is 3.43. The first-order valence-electron chi connectivity index (χ1n) is 5.64. The summed E-state index contributed by atoms with van der Waals surface area (Å²) in [7, 11) is 0. The second-order valence-corrected chi connectivity index (χ2v) is 5.66. The SMILES string of the molecule is CC(C)(C)[C@H]1C[C@H]1c1ccc([N+](=O)[O-])cc1. The normalized spacial score (nSPS) is 24.2. The number of rotatable bonds is 2. The molecule has 1 saturated carbocycles. The lowest BCUT2D eigenvalue weighted by atomic mass is 9.87. The van der Waals surface area contributed by atoms with Gasteiger partial charge < -0.3 is 0 Å². The molecule has 0 amide bonds. The Morgan fingerprint density at radius 2 is 1.81 bits per heavy atom. The lowest BCUT2D eigenvalue weighted by molar-refractivity contribution is -0.384. The highest BCUT2D eigenvalue weighted by atomic mass is 16.6. The van der Waals surface area contributed by atoms with Gasteiger partial charge in [0.2, 0.25) is 0 Å². The number of hydrogen-bond donors (Lipinski definition) is 0. The van der Waals surface area contributed by atoms with Crippen molar-refractivity contribution in [2.75, 3.05) is 0 Å². The summed E-state index contributed by atoms with van der Waals surface area (Å²) in [6, 6.07) is 7.00. The number of non-ortho nitro benzene ring substituents is 1. The highest BCUT2D eigenvalue weighted by Crippen LogP contribution is 2.56. The summed E-state index contributed by atoms with van der Waals surface area (Å²) < 4.78 is 0. The molecule has 1 aromatic carbocycles. The number of hydrogen-bond acceptors (Lipinski definition) is 2. The molecular formula is C13H17NO2. The van der Waals surface area contributed by atoms with Crippen molar-refractivity contribution in [2.24, 2.45) is 11.3 Å².